The number of nitrogens with zero attached hydrogens (tertiary/aromatic N) is 3. The van der Waals surface area contributed by atoms with E-state index in [2.05, 4.69) is 10.1 Å². The summed E-state index contributed by atoms with van der Waals surface area (Å²) in [6, 6.07) is 5.15. The lowest BCUT2D eigenvalue weighted by atomic mass is 10.3. The number of H-pyrrole nitrogens is 1. The van der Waals surface area contributed by atoms with Gasteiger partial charge in [-0.25, -0.2) is 14.3 Å². The molecule has 8 nitrogen and oxygen atoms in total. The predicted molar refractivity (Wildman–Crippen MR) is 85.6 cm³/mol. The molecule has 8 heteroatoms. The van der Waals surface area contributed by atoms with E-state index in [0.29, 0.717) is 18.8 Å². The smallest absolute Gasteiger partial charge is 0.343 e. The molecule has 0 fully saturated rings. The molecule has 0 aromatic carbocycles. The molecule has 0 saturated carbocycles. The zero-order chi connectivity index (χ0) is 17.1. The third-order valence-electron chi connectivity index (χ3n) is 3.48. The van der Waals surface area contributed by atoms with Crippen molar-refractivity contribution in [3.05, 3.63) is 58.0 Å². The van der Waals surface area contributed by atoms with Crippen LogP contribution in [0.5, 0.6) is 0 Å². The number of aromatic amines is 1. The number of esters is 1. The lowest BCUT2D eigenvalue weighted by molar-refractivity contribution is 0.0528. The number of rotatable bonds is 6. The highest BCUT2D eigenvalue weighted by Crippen LogP contribution is 2.11. The molecule has 0 aliphatic heterocycles. The standard InChI is InChI=1S/C16H18N4O4/c1-3-23-16(22)13-8-17-20-14(21)7-11(18-15(13)20)9-19(2)10-12-5-4-6-24-12/h4-8,17H,3,9-10H2,1-2H3. The van der Waals surface area contributed by atoms with Crippen molar-refractivity contribution >= 4 is 11.6 Å². The Labute approximate surface area is 137 Å². The Bertz CT molecular complexity index is 895. The van der Waals surface area contributed by atoms with Gasteiger partial charge in [0.05, 0.1) is 25.1 Å². The van der Waals surface area contributed by atoms with Crippen molar-refractivity contribution in [3.63, 3.8) is 0 Å². The fourth-order valence-electron chi connectivity index (χ4n) is 2.47. The molecule has 0 spiro atoms. The third kappa shape index (κ3) is 3.23. The lowest BCUT2D eigenvalue weighted by Crippen LogP contribution is -2.22. The Morgan fingerprint density at radius 1 is 1.46 bits per heavy atom. The van der Waals surface area contributed by atoms with E-state index in [9.17, 15) is 9.59 Å². The first-order valence-corrected chi connectivity index (χ1v) is 7.56. The quantitative estimate of drug-likeness (QED) is 0.687. The van der Waals surface area contributed by atoms with Gasteiger partial charge in [0, 0.05) is 18.8 Å². The number of carbonyl (C=O) groups is 1. The van der Waals surface area contributed by atoms with Crippen LogP contribution in [-0.2, 0) is 17.8 Å². The number of carbonyl (C=O) groups excluding carboxylic acids is 1. The molecule has 0 saturated heterocycles. The first-order chi connectivity index (χ1) is 11.6. The minimum absolute atomic E-state index is 0.240. The van der Waals surface area contributed by atoms with Crippen molar-refractivity contribution in [3.8, 4) is 0 Å². The number of aromatic nitrogens is 3. The summed E-state index contributed by atoms with van der Waals surface area (Å²) in [4.78, 5) is 30.5. The minimum atomic E-state index is -0.510. The fourth-order valence-corrected chi connectivity index (χ4v) is 2.47. The topological polar surface area (TPSA) is 92.8 Å². The van der Waals surface area contributed by atoms with Crippen LogP contribution in [0.4, 0.5) is 0 Å². The summed E-state index contributed by atoms with van der Waals surface area (Å²) in [7, 11) is 1.90. The maximum atomic E-state index is 12.2. The molecule has 0 radical (unpaired) electrons. The van der Waals surface area contributed by atoms with Crippen LogP contribution in [0.2, 0.25) is 0 Å². The average molecular weight is 330 g/mol. The molecule has 24 heavy (non-hydrogen) atoms. The Balaban J connectivity index is 1.87. The highest BCUT2D eigenvalue weighted by molar-refractivity contribution is 5.95. The van der Waals surface area contributed by atoms with E-state index in [1.165, 1.54) is 16.8 Å². The highest BCUT2D eigenvalue weighted by Gasteiger charge is 2.17. The van der Waals surface area contributed by atoms with E-state index in [0.717, 1.165) is 5.76 Å². The Hall–Kier alpha value is -2.87. The second-order valence-electron chi connectivity index (χ2n) is 5.40. The molecule has 3 rings (SSSR count). The van der Waals surface area contributed by atoms with Crippen molar-refractivity contribution in [2.75, 3.05) is 13.7 Å². The summed E-state index contributed by atoms with van der Waals surface area (Å²) < 4.78 is 11.5. The number of fused-ring (bicyclic) bond motifs is 1. The van der Waals surface area contributed by atoms with Gasteiger partial charge in [-0.2, -0.15) is 0 Å². The Morgan fingerprint density at radius 3 is 3.00 bits per heavy atom. The van der Waals surface area contributed by atoms with Crippen LogP contribution in [0.15, 0.2) is 39.9 Å². The second kappa shape index (κ2) is 6.71. The molecule has 0 bridgehead atoms. The van der Waals surface area contributed by atoms with Gasteiger partial charge in [0.1, 0.15) is 11.3 Å². The normalized spacial score (nSPS) is 11.3. The van der Waals surface area contributed by atoms with Crippen molar-refractivity contribution in [1.82, 2.24) is 19.5 Å². The first kappa shape index (κ1) is 16.0. The lowest BCUT2D eigenvalue weighted by Gasteiger charge is -2.14. The second-order valence-corrected chi connectivity index (χ2v) is 5.40. The summed E-state index contributed by atoms with van der Waals surface area (Å²) >= 11 is 0. The molecule has 3 aromatic rings. The Kier molecular flexibility index (Phi) is 4.48. The minimum Gasteiger partial charge on any atom is -0.468 e. The molecule has 3 heterocycles. The van der Waals surface area contributed by atoms with Crippen LogP contribution < -0.4 is 5.56 Å². The van der Waals surface area contributed by atoms with E-state index >= 15 is 0 Å². The predicted octanol–water partition coefficient (Wildman–Crippen LogP) is 1.42. The number of nitrogens with one attached hydrogen (secondary N) is 1. The van der Waals surface area contributed by atoms with Crippen molar-refractivity contribution in [2.45, 2.75) is 20.0 Å². The zero-order valence-corrected chi connectivity index (χ0v) is 13.5. The van der Waals surface area contributed by atoms with Gasteiger partial charge < -0.3 is 9.15 Å². The zero-order valence-electron chi connectivity index (χ0n) is 13.5. The summed E-state index contributed by atoms with van der Waals surface area (Å²) in [6.45, 7) is 3.01. The molecule has 0 amide bonds. The third-order valence-corrected chi connectivity index (χ3v) is 3.48. The van der Waals surface area contributed by atoms with E-state index in [1.807, 2.05) is 24.1 Å². The maximum Gasteiger partial charge on any atom is 0.343 e. The van der Waals surface area contributed by atoms with Crippen molar-refractivity contribution < 1.29 is 13.9 Å². The molecule has 1 N–H and O–H groups in total. The van der Waals surface area contributed by atoms with Crippen LogP contribution in [0.25, 0.3) is 5.65 Å². The molecule has 0 atom stereocenters. The van der Waals surface area contributed by atoms with Gasteiger partial charge >= 0.3 is 5.97 Å². The molecule has 126 valence electrons. The van der Waals surface area contributed by atoms with E-state index in [1.54, 1.807) is 13.2 Å². The number of furan rings is 1. The van der Waals surface area contributed by atoms with Gasteiger partial charge in [-0.15, -0.1) is 0 Å². The number of ether oxygens (including phenoxy) is 1. The summed E-state index contributed by atoms with van der Waals surface area (Å²) in [5.41, 5.74) is 0.794. The van der Waals surface area contributed by atoms with Gasteiger partial charge in [0.15, 0.2) is 5.65 Å². The monoisotopic (exact) mass is 330 g/mol. The van der Waals surface area contributed by atoms with E-state index in [-0.39, 0.29) is 23.4 Å². The SMILES string of the molecule is CCOC(=O)c1c[nH]n2c(=O)cc(CN(C)Cc3ccco3)nc12. The van der Waals surface area contributed by atoms with Crippen LogP contribution in [-0.4, -0.2) is 39.1 Å². The van der Waals surface area contributed by atoms with E-state index < -0.39 is 5.97 Å². The molecule has 0 aliphatic carbocycles. The van der Waals surface area contributed by atoms with Gasteiger partial charge in [0.25, 0.3) is 5.56 Å². The van der Waals surface area contributed by atoms with Crippen LogP contribution in [0, 0.1) is 0 Å². The van der Waals surface area contributed by atoms with Crippen LogP contribution in [0.1, 0.15) is 28.7 Å². The number of hydrogen-bond acceptors (Lipinski definition) is 6. The van der Waals surface area contributed by atoms with Gasteiger partial charge in [-0.3, -0.25) is 14.8 Å². The molecular formula is C16H18N4O4. The molecule has 3 aromatic heterocycles. The van der Waals surface area contributed by atoms with E-state index in [4.69, 9.17) is 9.15 Å². The fraction of sp³-hybridized carbons (Fsp3) is 0.312. The van der Waals surface area contributed by atoms with Gasteiger partial charge in [0.2, 0.25) is 0 Å². The summed E-state index contributed by atoms with van der Waals surface area (Å²) in [6.07, 6.45) is 3.05. The number of hydrogen-bond donors (Lipinski definition) is 1. The highest BCUT2D eigenvalue weighted by atomic mass is 16.5. The molecule has 0 aliphatic rings. The molecule has 0 unspecified atom stereocenters. The van der Waals surface area contributed by atoms with Gasteiger partial charge in [-0.1, -0.05) is 0 Å². The van der Waals surface area contributed by atoms with Crippen molar-refractivity contribution in [1.29, 1.82) is 0 Å². The first-order valence-electron chi connectivity index (χ1n) is 7.56. The maximum absolute atomic E-state index is 12.2. The van der Waals surface area contributed by atoms with Gasteiger partial charge in [-0.05, 0) is 26.1 Å². The Morgan fingerprint density at radius 2 is 2.29 bits per heavy atom. The van der Waals surface area contributed by atoms with Crippen molar-refractivity contribution in [2.24, 2.45) is 0 Å². The summed E-state index contributed by atoms with van der Waals surface area (Å²) in [5, 5.41) is 2.72. The largest absolute Gasteiger partial charge is 0.468 e. The van der Waals surface area contributed by atoms with Crippen LogP contribution >= 0.6 is 0 Å². The summed E-state index contributed by atoms with van der Waals surface area (Å²) in [5.74, 6) is 0.313. The van der Waals surface area contributed by atoms with Crippen LogP contribution in [0.3, 0.4) is 0 Å². The average Bonchev–Trinajstić information content (AvgIpc) is 3.16. The molecular weight excluding hydrogens is 312 g/mol.